The summed E-state index contributed by atoms with van der Waals surface area (Å²) in [7, 11) is 0. The molecule has 1 amide bonds. The van der Waals surface area contributed by atoms with Crippen LogP contribution in [0.2, 0.25) is 10.0 Å². The fourth-order valence-corrected chi connectivity index (χ4v) is 3.15. The van der Waals surface area contributed by atoms with Crippen LogP contribution in [0.1, 0.15) is 28.5 Å². The second-order valence-electron chi connectivity index (χ2n) is 6.26. The number of rotatable bonds is 5. The summed E-state index contributed by atoms with van der Waals surface area (Å²) in [5.41, 5.74) is 2.80. The molecule has 0 aliphatic carbocycles. The summed E-state index contributed by atoms with van der Waals surface area (Å²) >= 11 is 11.9. The van der Waals surface area contributed by atoms with Gasteiger partial charge in [0.1, 0.15) is 5.56 Å². The third-order valence-corrected chi connectivity index (χ3v) is 5.00. The van der Waals surface area contributed by atoms with Crippen molar-refractivity contribution in [2.45, 2.75) is 13.8 Å². The molecule has 3 rings (SSSR count). The molecule has 30 heavy (non-hydrogen) atoms. The smallest absolute Gasteiger partial charge is 0.282 e. The topological polar surface area (TPSA) is 122 Å². The van der Waals surface area contributed by atoms with Crippen LogP contribution in [-0.2, 0) is 0 Å². The van der Waals surface area contributed by atoms with Crippen molar-refractivity contribution >= 4 is 40.5 Å². The van der Waals surface area contributed by atoms with E-state index in [1.54, 1.807) is 19.1 Å². The average molecular weight is 448 g/mol. The number of H-pyrrole nitrogens is 1. The summed E-state index contributed by atoms with van der Waals surface area (Å²) < 4.78 is 1.27. The van der Waals surface area contributed by atoms with Crippen molar-refractivity contribution in [2.24, 2.45) is 5.10 Å². The van der Waals surface area contributed by atoms with Crippen LogP contribution >= 0.6 is 23.2 Å². The fraction of sp³-hybridized carbons (Fsp3) is 0.105. The summed E-state index contributed by atoms with van der Waals surface area (Å²) in [6.45, 7) is 3.21. The molecule has 0 aliphatic heterocycles. The second kappa shape index (κ2) is 8.52. The van der Waals surface area contributed by atoms with Crippen LogP contribution in [0.4, 0.5) is 5.69 Å². The third kappa shape index (κ3) is 4.12. The van der Waals surface area contributed by atoms with Gasteiger partial charge in [-0.05, 0) is 38.1 Å². The van der Waals surface area contributed by atoms with Gasteiger partial charge < -0.3 is 0 Å². The van der Waals surface area contributed by atoms with E-state index in [9.17, 15) is 19.7 Å². The standard InChI is InChI=1S/C19H15Cl2N5O4/c1-10(22-23-18(27)13-5-3-4-6-16(13)26(29)30)17-11(2)24-25(19(17)28)12-7-8-14(20)15(21)9-12/h3-9,24H,1-2H3,(H,23,27)/b22-10+. The van der Waals surface area contributed by atoms with Crippen molar-refractivity contribution in [3.63, 3.8) is 0 Å². The molecule has 9 nitrogen and oxygen atoms in total. The highest BCUT2D eigenvalue weighted by atomic mass is 35.5. The van der Waals surface area contributed by atoms with Gasteiger partial charge in [-0.3, -0.25) is 24.8 Å². The van der Waals surface area contributed by atoms with Crippen LogP contribution in [0.15, 0.2) is 52.4 Å². The number of carbonyl (C=O) groups is 1. The first kappa shape index (κ1) is 21.3. The Balaban J connectivity index is 1.91. The van der Waals surface area contributed by atoms with E-state index in [0.717, 1.165) is 0 Å². The van der Waals surface area contributed by atoms with Gasteiger partial charge in [-0.2, -0.15) is 5.10 Å². The van der Waals surface area contributed by atoms with Gasteiger partial charge in [0.05, 0.1) is 31.9 Å². The number of hydrogen-bond acceptors (Lipinski definition) is 5. The van der Waals surface area contributed by atoms with Crippen molar-refractivity contribution in [3.05, 3.63) is 89.8 Å². The highest BCUT2D eigenvalue weighted by molar-refractivity contribution is 6.42. The van der Waals surface area contributed by atoms with Crippen LogP contribution in [-0.4, -0.2) is 26.3 Å². The molecule has 0 fully saturated rings. The molecule has 2 aromatic carbocycles. The molecule has 0 spiro atoms. The Morgan fingerprint density at radius 3 is 2.57 bits per heavy atom. The molecule has 3 aromatic rings. The van der Waals surface area contributed by atoms with Gasteiger partial charge in [-0.25, -0.2) is 10.1 Å². The maximum absolute atomic E-state index is 12.9. The number of nitrogens with one attached hydrogen (secondary N) is 2. The number of aromatic nitrogens is 2. The molecule has 0 radical (unpaired) electrons. The molecule has 0 atom stereocenters. The molecule has 0 unspecified atom stereocenters. The number of benzene rings is 2. The van der Waals surface area contributed by atoms with Gasteiger partial charge in [0.25, 0.3) is 17.2 Å². The van der Waals surface area contributed by atoms with Gasteiger partial charge in [-0.15, -0.1) is 0 Å². The number of nitro groups is 1. The Bertz CT molecular complexity index is 1250. The first-order valence-corrected chi connectivity index (χ1v) is 9.31. The Hall–Kier alpha value is -3.43. The van der Waals surface area contributed by atoms with Gasteiger partial charge in [0.15, 0.2) is 0 Å². The molecular weight excluding hydrogens is 433 g/mol. The van der Waals surface area contributed by atoms with Crippen molar-refractivity contribution in [1.29, 1.82) is 0 Å². The number of aryl methyl sites for hydroxylation is 1. The molecule has 1 heterocycles. The van der Waals surface area contributed by atoms with Crippen LogP contribution in [0.25, 0.3) is 5.69 Å². The van der Waals surface area contributed by atoms with E-state index >= 15 is 0 Å². The molecule has 2 N–H and O–H groups in total. The van der Waals surface area contributed by atoms with Gasteiger partial charge >= 0.3 is 0 Å². The SMILES string of the molecule is C/C(=N\NC(=O)c1ccccc1[N+](=O)[O-])c1c(C)[nH]n(-c2ccc(Cl)c(Cl)c2)c1=O. The number of hydrazone groups is 1. The minimum Gasteiger partial charge on any atom is -0.295 e. The summed E-state index contributed by atoms with van der Waals surface area (Å²) in [6.07, 6.45) is 0. The molecule has 0 saturated carbocycles. The van der Waals surface area contributed by atoms with Crippen LogP contribution in [0.3, 0.4) is 0 Å². The van der Waals surface area contributed by atoms with Crippen molar-refractivity contribution in [3.8, 4) is 5.69 Å². The lowest BCUT2D eigenvalue weighted by atomic mass is 10.1. The number of nitrogens with zero attached hydrogens (tertiary/aromatic N) is 3. The van der Waals surface area contributed by atoms with Crippen LogP contribution in [0, 0.1) is 17.0 Å². The van der Waals surface area contributed by atoms with Crippen molar-refractivity contribution < 1.29 is 9.72 Å². The summed E-state index contributed by atoms with van der Waals surface area (Å²) in [6, 6.07) is 10.2. The largest absolute Gasteiger partial charge is 0.295 e. The van der Waals surface area contributed by atoms with E-state index in [-0.39, 0.29) is 27.5 Å². The Labute approximate surface area is 180 Å². The van der Waals surface area contributed by atoms with E-state index in [4.69, 9.17) is 23.2 Å². The predicted octanol–water partition coefficient (Wildman–Crippen LogP) is 3.84. The monoisotopic (exact) mass is 447 g/mol. The fourth-order valence-electron chi connectivity index (χ4n) is 2.85. The number of hydrogen-bond donors (Lipinski definition) is 2. The number of para-hydroxylation sites is 1. The van der Waals surface area contributed by atoms with Gasteiger partial charge in [0.2, 0.25) is 0 Å². The van der Waals surface area contributed by atoms with Crippen LogP contribution < -0.4 is 11.0 Å². The number of amides is 1. The number of aromatic amines is 1. The zero-order chi connectivity index (χ0) is 22.0. The van der Waals surface area contributed by atoms with Gasteiger partial charge in [0, 0.05) is 11.8 Å². The predicted molar refractivity (Wildman–Crippen MR) is 114 cm³/mol. The maximum Gasteiger partial charge on any atom is 0.282 e. The van der Waals surface area contributed by atoms with E-state index in [1.807, 2.05) is 0 Å². The second-order valence-corrected chi connectivity index (χ2v) is 7.08. The van der Waals surface area contributed by atoms with Gasteiger partial charge in [-0.1, -0.05) is 35.3 Å². The summed E-state index contributed by atoms with van der Waals surface area (Å²) in [4.78, 5) is 35.6. The Morgan fingerprint density at radius 1 is 1.20 bits per heavy atom. The lowest BCUT2D eigenvalue weighted by Gasteiger charge is -2.03. The number of nitro benzene ring substituents is 1. The molecule has 154 valence electrons. The summed E-state index contributed by atoms with van der Waals surface area (Å²) in [5, 5.41) is 18.6. The molecule has 11 heteroatoms. The summed E-state index contributed by atoms with van der Waals surface area (Å²) in [5.74, 6) is -0.764. The van der Waals surface area contributed by atoms with E-state index in [1.165, 1.54) is 41.9 Å². The number of halogens is 2. The minimum atomic E-state index is -0.764. The quantitative estimate of drug-likeness (QED) is 0.350. The highest BCUT2D eigenvalue weighted by Crippen LogP contribution is 2.24. The van der Waals surface area contributed by atoms with E-state index in [2.05, 4.69) is 15.6 Å². The van der Waals surface area contributed by atoms with E-state index in [0.29, 0.717) is 16.4 Å². The van der Waals surface area contributed by atoms with Crippen molar-refractivity contribution in [1.82, 2.24) is 15.2 Å². The van der Waals surface area contributed by atoms with Crippen molar-refractivity contribution in [2.75, 3.05) is 0 Å². The molecular formula is C19H15Cl2N5O4. The van der Waals surface area contributed by atoms with E-state index < -0.39 is 16.4 Å². The highest BCUT2D eigenvalue weighted by Gasteiger charge is 2.20. The average Bonchev–Trinajstić information content (AvgIpc) is 3.02. The zero-order valence-corrected chi connectivity index (χ0v) is 17.3. The lowest BCUT2D eigenvalue weighted by molar-refractivity contribution is -0.385. The first-order valence-electron chi connectivity index (χ1n) is 8.56. The Kier molecular flexibility index (Phi) is 6.04. The zero-order valence-electron chi connectivity index (χ0n) is 15.8. The normalized spacial score (nSPS) is 11.4. The maximum atomic E-state index is 12.9. The third-order valence-electron chi connectivity index (χ3n) is 4.27. The molecule has 0 saturated heterocycles. The van der Waals surface area contributed by atoms with Crippen LogP contribution in [0.5, 0.6) is 0 Å². The molecule has 1 aromatic heterocycles. The Morgan fingerprint density at radius 2 is 1.90 bits per heavy atom. The first-order chi connectivity index (χ1) is 14.2. The number of carbonyl (C=O) groups excluding carboxylic acids is 1. The molecule has 0 bridgehead atoms. The minimum absolute atomic E-state index is 0.141. The lowest BCUT2D eigenvalue weighted by Crippen LogP contribution is -2.24. The molecule has 0 aliphatic rings.